The fourth-order valence-corrected chi connectivity index (χ4v) is 4.01. The molecule has 21 heavy (non-hydrogen) atoms. The van der Waals surface area contributed by atoms with Crippen molar-refractivity contribution in [1.82, 2.24) is 4.31 Å². The van der Waals surface area contributed by atoms with Gasteiger partial charge in [0.1, 0.15) is 0 Å². The molecule has 0 N–H and O–H groups in total. The van der Waals surface area contributed by atoms with Gasteiger partial charge in [-0.05, 0) is 30.0 Å². The van der Waals surface area contributed by atoms with E-state index in [9.17, 15) is 4.79 Å². The van der Waals surface area contributed by atoms with Gasteiger partial charge in [0.25, 0.3) is 0 Å². The Balaban J connectivity index is 1.90. The summed E-state index contributed by atoms with van der Waals surface area (Å²) in [6.45, 7) is 0.429. The number of nitrogens with zero attached hydrogens (tertiary/aromatic N) is 1. The summed E-state index contributed by atoms with van der Waals surface area (Å²) in [5.41, 5.74) is 2.04. The third-order valence-corrected chi connectivity index (χ3v) is 5.01. The van der Waals surface area contributed by atoms with E-state index in [4.69, 9.17) is 11.6 Å². The summed E-state index contributed by atoms with van der Waals surface area (Å²) in [5, 5.41) is 0. The van der Waals surface area contributed by atoms with Crippen molar-refractivity contribution >= 4 is 29.3 Å². The molecule has 2 nitrogen and oxygen atoms in total. The first kappa shape index (κ1) is 14.6. The van der Waals surface area contributed by atoms with Gasteiger partial charge in [0.15, 0.2) is 5.78 Å². The summed E-state index contributed by atoms with van der Waals surface area (Å²) < 4.78 is 2.16. The summed E-state index contributed by atoms with van der Waals surface area (Å²) in [6.07, 6.45) is 0.827. The fraction of sp³-hybridized carbons (Fsp3) is 0.235. The second-order valence-corrected chi connectivity index (χ2v) is 6.46. The van der Waals surface area contributed by atoms with Crippen LogP contribution < -0.4 is 0 Å². The normalized spacial score (nSPS) is 16.5. The maximum absolute atomic E-state index is 12.3. The van der Waals surface area contributed by atoms with Crippen LogP contribution >= 0.6 is 23.5 Å². The predicted octanol–water partition coefficient (Wildman–Crippen LogP) is 4.56. The third-order valence-electron chi connectivity index (χ3n) is 3.62. The van der Waals surface area contributed by atoms with Crippen LogP contribution in [0.25, 0.3) is 0 Å². The van der Waals surface area contributed by atoms with Crippen LogP contribution in [0.4, 0.5) is 0 Å². The molecule has 1 unspecified atom stereocenters. The molecule has 0 saturated carbocycles. The number of rotatable bonds is 4. The Bertz CT molecular complexity index is 632. The average Bonchev–Trinajstić information content (AvgIpc) is 2.53. The molecule has 0 amide bonds. The highest BCUT2D eigenvalue weighted by Gasteiger charge is 2.29. The highest BCUT2D eigenvalue weighted by atomic mass is 35.5. The van der Waals surface area contributed by atoms with Crippen LogP contribution in [0.2, 0.25) is 0 Å². The lowest BCUT2D eigenvalue weighted by atomic mass is 10.0. The van der Waals surface area contributed by atoms with Gasteiger partial charge in [-0.1, -0.05) is 48.5 Å². The zero-order chi connectivity index (χ0) is 14.7. The lowest BCUT2D eigenvalue weighted by Gasteiger charge is -2.33. The molecule has 3 rings (SSSR count). The van der Waals surface area contributed by atoms with Gasteiger partial charge in [-0.3, -0.25) is 4.79 Å². The predicted molar refractivity (Wildman–Crippen MR) is 87.9 cm³/mol. The van der Waals surface area contributed by atoms with E-state index in [1.54, 1.807) is 11.9 Å². The standard InChI is InChI=1S/C17H16ClNOS/c18-11-10-15(13-6-2-1-3-7-13)19-12-16(20)14-8-4-5-9-17(14)21-19/h1-9,15H,10-12H2. The molecule has 0 aromatic heterocycles. The van der Waals surface area contributed by atoms with E-state index in [0.717, 1.165) is 16.9 Å². The van der Waals surface area contributed by atoms with Crippen molar-refractivity contribution in [3.8, 4) is 0 Å². The first-order chi connectivity index (χ1) is 10.3. The number of ketones is 1. The number of hydrogen-bond acceptors (Lipinski definition) is 3. The van der Waals surface area contributed by atoms with Gasteiger partial charge in [0.2, 0.25) is 0 Å². The lowest BCUT2D eigenvalue weighted by molar-refractivity contribution is 0.0948. The lowest BCUT2D eigenvalue weighted by Crippen LogP contribution is -2.32. The number of alkyl halides is 1. The Morgan fingerprint density at radius 1 is 1.10 bits per heavy atom. The van der Waals surface area contributed by atoms with Gasteiger partial charge in [0.05, 0.1) is 6.54 Å². The minimum absolute atomic E-state index is 0.158. The Labute approximate surface area is 134 Å². The van der Waals surface area contributed by atoms with E-state index >= 15 is 0 Å². The SMILES string of the molecule is O=C1CN(C(CCCl)c2ccccc2)Sc2ccccc21. The molecule has 0 fully saturated rings. The molecule has 0 bridgehead atoms. The quantitative estimate of drug-likeness (QED) is 0.609. The molecule has 2 aromatic rings. The molecular formula is C17H16ClNOS. The minimum atomic E-state index is 0.158. The van der Waals surface area contributed by atoms with E-state index in [-0.39, 0.29) is 11.8 Å². The third kappa shape index (κ3) is 3.15. The first-order valence-electron chi connectivity index (χ1n) is 6.97. The summed E-state index contributed by atoms with van der Waals surface area (Å²) in [6, 6.07) is 18.2. The van der Waals surface area contributed by atoms with Crippen molar-refractivity contribution in [2.45, 2.75) is 17.4 Å². The van der Waals surface area contributed by atoms with Gasteiger partial charge in [-0.15, -0.1) is 11.6 Å². The molecule has 1 aliphatic heterocycles. The monoisotopic (exact) mass is 317 g/mol. The molecule has 108 valence electrons. The number of halogens is 1. The van der Waals surface area contributed by atoms with Crippen LogP contribution in [-0.2, 0) is 0 Å². The molecule has 0 spiro atoms. The summed E-state index contributed by atoms with van der Waals surface area (Å²) in [4.78, 5) is 13.4. The largest absolute Gasteiger partial charge is 0.293 e. The first-order valence-corrected chi connectivity index (χ1v) is 8.28. The zero-order valence-electron chi connectivity index (χ0n) is 11.5. The number of carbonyl (C=O) groups is 1. The van der Waals surface area contributed by atoms with Gasteiger partial charge >= 0.3 is 0 Å². The van der Waals surface area contributed by atoms with E-state index in [1.807, 2.05) is 42.5 Å². The number of fused-ring (bicyclic) bond motifs is 1. The fourth-order valence-electron chi connectivity index (χ4n) is 2.59. The number of carbonyl (C=O) groups excluding carboxylic acids is 1. The van der Waals surface area contributed by atoms with Gasteiger partial charge in [0, 0.05) is 22.4 Å². The van der Waals surface area contributed by atoms with Crippen molar-refractivity contribution in [2.24, 2.45) is 0 Å². The van der Waals surface area contributed by atoms with Crippen LogP contribution in [0.3, 0.4) is 0 Å². The Morgan fingerprint density at radius 3 is 2.57 bits per heavy atom. The summed E-state index contributed by atoms with van der Waals surface area (Å²) in [7, 11) is 0. The van der Waals surface area contributed by atoms with Crippen molar-refractivity contribution in [3.05, 3.63) is 65.7 Å². The van der Waals surface area contributed by atoms with Gasteiger partial charge < -0.3 is 0 Å². The molecule has 0 radical (unpaired) electrons. The highest BCUT2D eigenvalue weighted by molar-refractivity contribution is 7.97. The van der Waals surface area contributed by atoms with Gasteiger partial charge in [-0.25, -0.2) is 4.31 Å². The molecular weight excluding hydrogens is 302 g/mol. The Hall–Kier alpha value is -1.29. The van der Waals surface area contributed by atoms with E-state index in [1.165, 1.54) is 5.56 Å². The maximum Gasteiger partial charge on any atom is 0.178 e. The molecule has 1 atom stereocenters. The molecule has 4 heteroatoms. The number of hydrogen-bond donors (Lipinski definition) is 0. The molecule has 1 aliphatic rings. The van der Waals surface area contributed by atoms with Crippen molar-refractivity contribution in [2.75, 3.05) is 12.4 Å². The second-order valence-electron chi connectivity index (χ2n) is 4.99. The summed E-state index contributed by atoms with van der Waals surface area (Å²) >= 11 is 7.64. The maximum atomic E-state index is 12.3. The number of Topliss-reactive ketones (excluding diaryl/α,β-unsaturated/α-hetero) is 1. The number of benzene rings is 2. The molecule has 2 aromatic carbocycles. The summed E-state index contributed by atoms with van der Waals surface area (Å²) in [5.74, 6) is 0.756. The molecule has 0 saturated heterocycles. The Kier molecular flexibility index (Phi) is 4.63. The van der Waals surface area contributed by atoms with Crippen LogP contribution in [0.15, 0.2) is 59.5 Å². The minimum Gasteiger partial charge on any atom is -0.293 e. The van der Waals surface area contributed by atoms with Crippen LogP contribution in [0, 0.1) is 0 Å². The van der Waals surface area contributed by atoms with Crippen molar-refractivity contribution < 1.29 is 4.79 Å². The van der Waals surface area contributed by atoms with Crippen molar-refractivity contribution in [3.63, 3.8) is 0 Å². The average molecular weight is 318 g/mol. The topological polar surface area (TPSA) is 20.3 Å². The second kappa shape index (κ2) is 6.65. The van der Waals surface area contributed by atoms with Gasteiger partial charge in [-0.2, -0.15) is 0 Å². The van der Waals surface area contributed by atoms with E-state index in [0.29, 0.717) is 12.4 Å². The Morgan fingerprint density at radius 2 is 1.81 bits per heavy atom. The molecule has 1 heterocycles. The van der Waals surface area contributed by atoms with Crippen LogP contribution in [-0.4, -0.2) is 22.5 Å². The molecule has 0 aliphatic carbocycles. The zero-order valence-corrected chi connectivity index (χ0v) is 13.1. The van der Waals surface area contributed by atoms with E-state index in [2.05, 4.69) is 16.4 Å². The van der Waals surface area contributed by atoms with Crippen LogP contribution in [0.5, 0.6) is 0 Å². The van der Waals surface area contributed by atoms with Crippen molar-refractivity contribution in [1.29, 1.82) is 0 Å². The smallest absolute Gasteiger partial charge is 0.178 e. The van der Waals surface area contributed by atoms with E-state index < -0.39 is 0 Å². The van der Waals surface area contributed by atoms with Crippen LogP contribution in [0.1, 0.15) is 28.4 Å². The highest BCUT2D eigenvalue weighted by Crippen LogP contribution is 2.39.